The fourth-order valence-electron chi connectivity index (χ4n) is 2.54. The lowest BCUT2D eigenvalue weighted by molar-refractivity contribution is 0.174. The highest BCUT2D eigenvalue weighted by Gasteiger charge is 2.21. The third-order valence-corrected chi connectivity index (χ3v) is 4.81. The van der Waals surface area contributed by atoms with Crippen LogP contribution in [0.5, 0.6) is 0 Å². The Balaban J connectivity index is 1.95. The van der Waals surface area contributed by atoms with Crippen LogP contribution in [-0.2, 0) is 6.54 Å². The van der Waals surface area contributed by atoms with Gasteiger partial charge in [-0.3, -0.25) is 9.69 Å². The second-order valence-electron chi connectivity index (χ2n) is 5.15. The first-order valence-electron chi connectivity index (χ1n) is 6.44. The molecular weight excluding hydrogens is 262 g/mol. The number of H-pyrrole nitrogens is 1. The smallest absolute Gasteiger partial charge is 0.259 e. The Morgan fingerprint density at radius 3 is 3.00 bits per heavy atom. The number of hydrogen-bond donors (Lipinski definition) is 2. The van der Waals surface area contributed by atoms with Crippen molar-refractivity contribution in [3.8, 4) is 0 Å². The summed E-state index contributed by atoms with van der Waals surface area (Å²) in [4.78, 5) is 23.6. The summed E-state index contributed by atoms with van der Waals surface area (Å²) < 4.78 is 0. The average molecular weight is 279 g/mol. The molecule has 102 valence electrons. The molecule has 2 aromatic rings. The molecule has 0 saturated carbocycles. The van der Waals surface area contributed by atoms with Crippen LogP contribution in [0.2, 0.25) is 0 Å². The summed E-state index contributed by atoms with van der Waals surface area (Å²) in [5.41, 5.74) is 0.971. The number of aromatic nitrogens is 2. The minimum Gasteiger partial charge on any atom is -0.392 e. The zero-order valence-electron chi connectivity index (χ0n) is 11.1. The number of thiophene rings is 1. The van der Waals surface area contributed by atoms with E-state index in [1.165, 1.54) is 0 Å². The van der Waals surface area contributed by atoms with Crippen molar-refractivity contribution in [3.05, 3.63) is 26.6 Å². The molecule has 3 rings (SSSR count). The number of hydrogen-bond acceptors (Lipinski definition) is 5. The number of aliphatic hydroxyl groups is 1. The van der Waals surface area contributed by atoms with Crippen molar-refractivity contribution >= 4 is 21.6 Å². The Kier molecular flexibility index (Phi) is 3.16. The summed E-state index contributed by atoms with van der Waals surface area (Å²) in [7, 11) is 0. The van der Waals surface area contributed by atoms with E-state index in [0.29, 0.717) is 24.3 Å². The third-order valence-electron chi connectivity index (χ3n) is 3.71. The van der Waals surface area contributed by atoms with Gasteiger partial charge in [0.1, 0.15) is 10.7 Å². The zero-order chi connectivity index (χ0) is 13.6. The van der Waals surface area contributed by atoms with Gasteiger partial charge < -0.3 is 10.1 Å². The van der Waals surface area contributed by atoms with Crippen molar-refractivity contribution in [1.29, 1.82) is 0 Å². The lowest BCUT2D eigenvalue weighted by atomic mass is 10.2. The predicted octanol–water partition coefficient (Wildman–Crippen LogP) is 1.17. The summed E-state index contributed by atoms with van der Waals surface area (Å²) in [6, 6.07) is 0. The van der Waals surface area contributed by atoms with Gasteiger partial charge in [0, 0.05) is 18.0 Å². The van der Waals surface area contributed by atoms with Gasteiger partial charge in [-0.1, -0.05) is 0 Å². The second kappa shape index (κ2) is 4.70. The fraction of sp³-hybridized carbons (Fsp3) is 0.538. The van der Waals surface area contributed by atoms with Gasteiger partial charge in [-0.2, -0.15) is 0 Å². The van der Waals surface area contributed by atoms with E-state index < -0.39 is 0 Å². The molecule has 0 radical (unpaired) electrons. The quantitative estimate of drug-likeness (QED) is 0.866. The number of β-amino-alcohol motifs (C(OH)–C–C–N with tert-alkyl or cyclic N) is 1. The Morgan fingerprint density at radius 1 is 1.53 bits per heavy atom. The average Bonchev–Trinajstić information content (AvgIpc) is 2.85. The fourth-order valence-corrected chi connectivity index (χ4v) is 3.59. The first kappa shape index (κ1) is 12.8. The van der Waals surface area contributed by atoms with Crippen molar-refractivity contribution in [3.63, 3.8) is 0 Å². The normalized spacial score (nSPS) is 20.5. The van der Waals surface area contributed by atoms with E-state index in [1.54, 1.807) is 11.3 Å². The number of aryl methyl sites for hydroxylation is 2. The monoisotopic (exact) mass is 279 g/mol. The van der Waals surface area contributed by atoms with Crippen LogP contribution in [0.3, 0.4) is 0 Å². The molecule has 2 N–H and O–H groups in total. The number of likely N-dealkylation sites (tertiary alicyclic amines) is 1. The number of nitrogens with one attached hydrogen (secondary N) is 1. The molecule has 3 heterocycles. The lowest BCUT2D eigenvalue weighted by Gasteiger charge is -2.13. The molecule has 1 aliphatic rings. The van der Waals surface area contributed by atoms with Crippen LogP contribution in [0.1, 0.15) is 22.7 Å². The molecule has 1 saturated heterocycles. The molecule has 19 heavy (non-hydrogen) atoms. The molecule has 0 bridgehead atoms. The number of fused-ring (bicyclic) bond motifs is 1. The maximum atomic E-state index is 12.1. The molecule has 1 fully saturated rings. The molecular formula is C13H17N3O2S. The van der Waals surface area contributed by atoms with Crippen molar-refractivity contribution < 1.29 is 5.11 Å². The predicted molar refractivity (Wildman–Crippen MR) is 75.6 cm³/mol. The molecule has 0 unspecified atom stereocenters. The van der Waals surface area contributed by atoms with Gasteiger partial charge in [0.2, 0.25) is 0 Å². The van der Waals surface area contributed by atoms with Crippen LogP contribution in [0.25, 0.3) is 10.2 Å². The molecule has 2 aromatic heterocycles. The van der Waals surface area contributed by atoms with Gasteiger partial charge in [-0.05, 0) is 25.8 Å². The zero-order valence-corrected chi connectivity index (χ0v) is 11.9. The Morgan fingerprint density at radius 2 is 2.32 bits per heavy atom. The van der Waals surface area contributed by atoms with E-state index in [9.17, 15) is 9.90 Å². The van der Waals surface area contributed by atoms with Crippen LogP contribution in [0.4, 0.5) is 0 Å². The number of aromatic amines is 1. The van der Waals surface area contributed by atoms with Crippen molar-refractivity contribution in [2.45, 2.75) is 32.9 Å². The third kappa shape index (κ3) is 2.31. The van der Waals surface area contributed by atoms with Crippen molar-refractivity contribution in [1.82, 2.24) is 14.9 Å². The molecule has 1 aliphatic heterocycles. The van der Waals surface area contributed by atoms with Crippen LogP contribution in [0.15, 0.2) is 4.79 Å². The topological polar surface area (TPSA) is 69.2 Å². The maximum Gasteiger partial charge on any atom is 0.259 e. The number of aliphatic hydroxyl groups excluding tert-OH is 1. The first-order valence-corrected chi connectivity index (χ1v) is 7.25. The summed E-state index contributed by atoms with van der Waals surface area (Å²) in [5.74, 6) is 0.688. The minimum atomic E-state index is -0.248. The highest BCUT2D eigenvalue weighted by atomic mass is 32.1. The summed E-state index contributed by atoms with van der Waals surface area (Å²) in [6.45, 7) is 6.08. The standard InChI is InChI=1S/C13H17N3O2S/c1-7-8(2)19-13-11(7)12(18)14-10(15-13)6-16-4-3-9(17)5-16/h9,17H,3-6H2,1-2H3,(H,14,15,18)/t9-/m1/s1. The summed E-state index contributed by atoms with van der Waals surface area (Å²) >= 11 is 1.57. The van der Waals surface area contributed by atoms with Gasteiger partial charge in [-0.25, -0.2) is 4.98 Å². The van der Waals surface area contributed by atoms with Gasteiger partial charge in [0.05, 0.1) is 18.0 Å². The van der Waals surface area contributed by atoms with E-state index in [1.807, 2.05) is 13.8 Å². The molecule has 0 amide bonds. The SMILES string of the molecule is Cc1sc2nc(CN3CC[C@@H](O)C3)[nH]c(=O)c2c1C. The summed E-state index contributed by atoms with van der Waals surface area (Å²) in [5, 5.41) is 10.2. The maximum absolute atomic E-state index is 12.1. The van der Waals surface area contributed by atoms with Crippen LogP contribution < -0.4 is 5.56 Å². The van der Waals surface area contributed by atoms with Crippen LogP contribution >= 0.6 is 11.3 Å². The highest BCUT2D eigenvalue weighted by Crippen LogP contribution is 2.25. The lowest BCUT2D eigenvalue weighted by Crippen LogP contribution is -2.24. The van der Waals surface area contributed by atoms with E-state index in [2.05, 4.69) is 14.9 Å². The first-order chi connectivity index (χ1) is 9.04. The van der Waals surface area contributed by atoms with Crippen molar-refractivity contribution in [2.24, 2.45) is 0 Å². The second-order valence-corrected chi connectivity index (χ2v) is 6.36. The van der Waals surface area contributed by atoms with Crippen LogP contribution in [0, 0.1) is 13.8 Å². The Bertz CT molecular complexity index is 676. The molecule has 5 nitrogen and oxygen atoms in total. The largest absolute Gasteiger partial charge is 0.392 e. The van der Waals surface area contributed by atoms with Gasteiger partial charge in [0.25, 0.3) is 5.56 Å². The Labute approximate surface area is 114 Å². The molecule has 0 aliphatic carbocycles. The Hall–Kier alpha value is -1.24. The summed E-state index contributed by atoms with van der Waals surface area (Å²) in [6.07, 6.45) is 0.547. The van der Waals surface area contributed by atoms with E-state index in [0.717, 1.165) is 28.2 Å². The molecule has 1 atom stereocenters. The molecule has 0 spiro atoms. The number of rotatable bonds is 2. The van der Waals surface area contributed by atoms with Crippen LogP contribution in [-0.4, -0.2) is 39.2 Å². The van der Waals surface area contributed by atoms with E-state index in [-0.39, 0.29) is 11.7 Å². The van der Waals surface area contributed by atoms with Gasteiger partial charge in [0.15, 0.2) is 0 Å². The molecule has 0 aromatic carbocycles. The highest BCUT2D eigenvalue weighted by molar-refractivity contribution is 7.18. The number of nitrogens with zero attached hydrogens (tertiary/aromatic N) is 2. The van der Waals surface area contributed by atoms with Crippen molar-refractivity contribution in [2.75, 3.05) is 13.1 Å². The van der Waals surface area contributed by atoms with Gasteiger partial charge >= 0.3 is 0 Å². The van der Waals surface area contributed by atoms with Gasteiger partial charge in [-0.15, -0.1) is 11.3 Å². The van der Waals surface area contributed by atoms with E-state index >= 15 is 0 Å². The molecule has 6 heteroatoms. The minimum absolute atomic E-state index is 0.0541. The van der Waals surface area contributed by atoms with E-state index in [4.69, 9.17) is 0 Å².